The van der Waals surface area contributed by atoms with E-state index in [1.807, 2.05) is 12.3 Å². The van der Waals surface area contributed by atoms with Crippen LogP contribution in [-0.2, 0) is 16.6 Å². The van der Waals surface area contributed by atoms with E-state index in [-0.39, 0.29) is 0 Å². The second kappa shape index (κ2) is 9.53. The second-order valence-electron chi connectivity index (χ2n) is 4.89. The molecule has 5 nitrogen and oxygen atoms in total. The largest absolute Gasteiger partial charge is 0.313 e. The first kappa shape index (κ1) is 18.6. The van der Waals surface area contributed by atoms with Gasteiger partial charge in [0, 0.05) is 19.6 Å². The highest BCUT2D eigenvalue weighted by Gasteiger charge is 2.16. The number of sulfonamides is 1. The number of nitrogens with one attached hydrogen (secondary N) is 2. The topological polar surface area (TPSA) is 61.4 Å². The second-order valence-corrected chi connectivity index (χ2v) is 7.79. The molecule has 122 valence electrons. The Morgan fingerprint density at radius 3 is 2.62 bits per heavy atom. The average Bonchev–Trinajstić information content (AvgIpc) is 2.93. The molecule has 0 aliphatic heterocycles. The zero-order valence-electron chi connectivity index (χ0n) is 13.2. The number of rotatable bonds is 11. The van der Waals surface area contributed by atoms with Gasteiger partial charge in [0.15, 0.2) is 0 Å². The molecule has 1 aromatic rings. The fraction of sp³-hybridized carbons (Fsp3) is 0.714. The highest BCUT2D eigenvalue weighted by Crippen LogP contribution is 2.19. The van der Waals surface area contributed by atoms with Crippen LogP contribution in [0.25, 0.3) is 0 Å². The van der Waals surface area contributed by atoms with Crippen molar-refractivity contribution in [2.45, 2.75) is 37.9 Å². The van der Waals surface area contributed by atoms with Crippen molar-refractivity contribution in [3.05, 3.63) is 17.0 Å². The summed E-state index contributed by atoms with van der Waals surface area (Å²) in [5, 5.41) is 5.09. The van der Waals surface area contributed by atoms with Gasteiger partial charge < -0.3 is 10.2 Å². The molecule has 0 aliphatic rings. The zero-order chi connectivity index (χ0) is 15.7. The van der Waals surface area contributed by atoms with Gasteiger partial charge in [0.2, 0.25) is 10.0 Å². The summed E-state index contributed by atoms with van der Waals surface area (Å²) in [6.07, 6.45) is 1.08. The first-order valence-electron chi connectivity index (χ1n) is 7.53. The van der Waals surface area contributed by atoms with Crippen LogP contribution in [0.15, 0.2) is 15.7 Å². The molecule has 0 radical (unpaired) electrons. The van der Waals surface area contributed by atoms with E-state index < -0.39 is 10.0 Å². The molecule has 1 rings (SSSR count). The standard InChI is InChI=1S/C14H27N3O2S2/c1-4-8-17(6-3)9-7-16-21(18,19)14-10-13(12-20-14)11-15-5-2/h10,12,15-16H,4-9,11H2,1-3H3. The summed E-state index contributed by atoms with van der Waals surface area (Å²) in [7, 11) is -3.37. The van der Waals surface area contributed by atoms with E-state index in [0.29, 0.717) is 17.3 Å². The molecule has 2 N–H and O–H groups in total. The van der Waals surface area contributed by atoms with Crippen molar-refractivity contribution in [1.29, 1.82) is 0 Å². The summed E-state index contributed by atoms with van der Waals surface area (Å²) in [5.74, 6) is 0. The van der Waals surface area contributed by atoms with Gasteiger partial charge in [-0.2, -0.15) is 0 Å². The summed E-state index contributed by atoms with van der Waals surface area (Å²) >= 11 is 1.28. The Kier molecular flexibility index (Phi) is 8.43. The number of hydrogen-bond acceptors (Lipinski definition) is 5. The smallest absolute Gasteiger partial charge is 0.250 e. The molecule has 0 saturated heterocycles. The van der Waals surface area contributed by atoms with Crippen LogP contribution in [0.3, 0.4) is 0 Å². The van der Waals surface area contributed by atoms with Crippen LogP contribution in [0.4, 0.5) is 0 Å². The predicted octanol–water partition coefficient (Wildman–Crippen LogP) is 1.87. The third kappa shape index (κ3) is 6.44. The molecular weight excluding hydrogens is 306 g/mol. The predicted molar refractivity (Wildman–Crippen MR) is 89.3 cm³/mol. The Morgan fingerprint density at radius 1 is 1.24 bits per heavy atom. The molecule has 7 heteroatoms. The Balaban J connectivity index is 2.51. The van der Waals surface area contributed by atoms with Crippen LogP contribution in [0.2, 0.25) is 0 Å². The number of likely N-dealkylation sites (N-methyl/N-ethyl adjacent to an activating group) is 1. The van der Waals surface area contributed by atoms with Crippen LogP contribution < -0.4 is 10.0 Å². The molecule has 0 aliphatic carbocycles. The van der Waals surface area contributed by atoms with E-state index in [9.17, 15) is 8.42 Å². The van der Waals surface area contributed by atoms with Crippen LogP contribution in [-0.4, -0.2) is 46.0 Å². The molecule has 0 aromatic carbocycles. The highest BCUT2D eigenvalue weighted by atomic mass is 32.2. The molecule has 0 fully saturated rings. The molecule has 0 saturated carbocycles. The van der Waals surface area contributed by atoms with Gasteiger partial charge in [-0.25, -0.2) is 13.1 Å². The fourth-order valence-corrected chi connectivity index (χ4v) is 4.28. The van der Waals surface area contributed by atoms with E-state index in [4.69, 9.17) is 0 Å². The van der Waals surface area contributed by atoms with E-state index in [0.717, 1.165) is 38.2 Å². The molecule has 21 heavy (non-hydrogen) atoms. The van der Waals surface area contributed by atoms with Gasteiger partial charge in [-0.15, -0.1) is 11.3 Å². The molecule has 0 amide bonds. The van der Waals surface area contributed by atoms with E-state index in [1.54, 1.807) is 6.07 Å². The summed E-state index contributed by atoms with van der Waals surface area (Å²) in [5.41, 5.74) is 1.02. The Bertz CT molecular complexity index is 500. The van der Waals surface area contributed by atoms with Gasteiger partial charge >= 0.3 is 0 Å². The lowest BCUT2D eigenvalue weighted by atomic mass is 10.3. The lowest BCUT2D eigenvalue weighted by Crippen LogP contribution is -2.35. The molecule has 1 aromatic heterocycles. The van der Waals surface area contributed by atoms with Crippen molar-refractivity contribution in [2.24, 2.45) is 0 Å². The Morgan fingerprint density at radius 2 is 2.00 bits per heavy atom. The molecule has 0 bridgehead atoms. The van der Waals surface area contributed by atoms with Gasteiger partial charge in [0.05, 0.1) is 0 Å². The zero-order valence-corrected chi connectivity index (χ0v) is 14.8. The van der Waals surface area contributed by atoms with Crippen molar-refractivity contribution in [1.82, 2.24) is 14.9 Å². The Labute approximate surface area is 132 Å². The molecule has 1 heterocycles. The van der Waals surface area contributed by atoms with E-state index in [1.165, 1.54) is 11.3 Å². The van der Waals surface area contributed by atoms with Crippen molar-refractivity contribution in [2.75, 3.05) is 32.7 Å². The molecular formula is C14H27N3O2S2. The van der Waals surface area contributed by atoms with Gasteiger partial charge in [0.1, 0.15) is 4.21 Å². The van der Waals surface area contributed by atoms with E-state index in [2.05, 4.69) is 28.8 Å². The van der Waals surface area contributed by atoms with Gasteiger partial charge in [-0.05, 0) is 43.1 Å². The summed E-state index contributed by atoms with van der Waals surface area (Å²) in [6, 6.07) is 1.75. The van der Waals surface area contributed by atoms with Crippen molar-refractivity contribution >= 4 is 21.4 Å². The molecule has 0 unspecified atom stereocenters. The summed E-state index contributed by atoms with van der Waals surface area (Å²) in [4.78, 5) is 2.24. The lowest BCUT2D eigenvalue weighted by Gasteiger charge is -2.19. The average molecular weight is 334 g/mol. The van der Waals surface area contributed by atoms with Crippen molar-refractivity contribution in [3.63, 3.8) is 0 Å². The normalized spacial score (nSPS) is 12.2. The third-order valence-corrected chi connectivity index (χ3v) is 6.13. The van der Waals surface area contributed by atoms with Crippen molar-refractivity contribution in [3.8, 4) is 0 Å². The number of hydrogen-bond donors (Lipinski definition) is 2. The molecule has 0 atom stereocenters. The lowest BCUT2D eigenvalue weighted by molar-refractivity contribution is 0.293. The number of nitrogens with zero attached hydrogens (tertiary/aromatic N) is 1. The van der Waals surface area contributed by atoms with Gasteiger partial charge in [0.25, 0.3) is 0 Å². The quantitative estimate of drug-likeness (QED) is 0.649. The van der Waals surface area contributed by atoms with Crippen LogP contribution in [0.1, 0.15) is 32.8 Å². The third-order valence-electron chi connectivity index (χ3n) is 3.18. The maximum Gasteiger partial charge on any atom is 0.250 e. The maximum absolute atomic E-state index is 12.2. The van der Waals surface area contributed by atoms with Gasteiger partial charge in [-0.3, -0.25) is 0 Å². The summed E-state index contributed by atoms with van der Waals surface area (Å²) < 4.78 is 27.5. The van der Waals surface area contributed by atoms with Crippen molar-refractivity contribution < 1.29 is 8.42 Å². The first-order chi connectivity index (χ1) is 10.0. The van der Waals surface area contributed by atoms with Crippen LogP contribution in [0.5, 0.6) is 0 Å². The first-order valence-corrected chi connectivity index (χ1v) is 9.89. The minimum absolute atomic E-state index is 0.397. The minimum Gasteiger partial charge on any atom is -0.313 e. The van der Waals surface area contributed by atoms with Crippen LogP contribution >= 0.6 is 11.3 Å². The van der Waals surface area contributed by atoms with Gasteiger partial charge in [-0.1, -0.05) is 20.8 Å². The monoisotopic (exact) mass is 333 g/mol. The van der Waals surface area contributed by atoms with E-state index >= 15 is 0 Å². The SMILES string of the molecule is CCCN(CC)CCNS(=O)(=O)c1cc(CNCC)cs1. The molecule has 0 spiro atoms. The fourth-order valence-electron chi connectivity index (χ4n) is 2.01. The maximum atomic E-state index is 12.2. The van der Waals surface area contributed by atoms with Crippen LogP contribution in [0, 0.1) is 0 Å². The minimum atomic E-state index is -3.37. The highest BCUT2D eigenvalue weighted by molar-refractivity contribution is 7.91. The number of thiophene rings is 1. The summed E-state index contributed by atoms with van der Waals surface area (Å²) in [6.45, 7) is 11.0. The Hall–Kier alpha value is -0.470.